The molecule has 2 N–H and O–H groups in total. The fourth-order valence-corrected chi connectivity index (χ4v) is 3.09. The minimum atomic E-state index is -0.938. The highest BCUT2D eigenvalue weighted by atomic mass is 16.4. The van der Waals surface area contributed by atoms with Gasteiger partial charge in [0.25, 0.3) is 0 Å². The van der Waals surface area contributed by atoms with E-state index in [2.05, 4.69) is 5.32 Å². The van der Waals surface area contributed by atoms with Gasteiger partial charge in [-0.15, -0.1) is 0 Å². The van der Waals surface area contributed by atoms with E-state index in [0.29, 0.717) is 19.3 Å². The molecule has 1 aliphatic rings. The molecule has 1 rings (SSSR count). The maximum atomic E-state index is 12.2. The lowest BCUT2D eigenvalue weighted by Crippen LogP contribution is -2.52. The summed E-state index contributed by atoms with van der Waals surface area (Å²) >= 11 is 0. The smallest absolute Gasteiger partial charge is 0.320 e. The lowest BCUT2D eigenvalue weighted by molar-refractivity contribution is -0.144. The van der Waals surface area contributed by atoms with Crippen LogP contribution in [0.2, 0.25) is 0 Å². The molecule has 0 saturated heterocycles. The van der Waals surface area contributed by atoms with Crippen LogP contribution in [0.25, 0.3) is 0 Å². The van der Waals surface area contributed by atoms with Crippen molar-refractivity contribution in [3.05, 3.63) is 0 Å². The van der Waals surface area contributed by atoms with Crippen molar-refractivity contribution in [1.29, 1.82) is 0 Å². The van der Waals surface area contributed by atoms with Crippen LogP contribution in [0.1, 0.15) is 53.9 Å². The molecule has 5 heteroatoms. The molecule has 2 atom stereocenters. The zero-order valence-electron chi connectivity index (χ0n) is 13.6. The highest BCUT2D eigenvalue weighted by molar-refractivity contribution is 6.05. The molecular weight excluding hydrogens is 270 g/mol. The Labute approximate surface area is 126 Å². The molecule has 5 nitrogen and oxygen atoms in total. The number of rotatable bonds is 6. The number of carboxylic acid groups (broad SMARTS) is 1. The molecule has 1 saturated carbocycles. The standard InChI is InChI=1S/C16H27NO4/c1-9(2)6-11(15(20)21)17-10(3)14-12(18)7-16(4,5)8-13(14)19/h9-11,14,17H,6-8H2,1-5H3,(H,20,21)/t10?,11-/m0/s1. The second-order valence-electron chi connectivity index (χ2n) is 7.40. The first-order valence-corrected chi connectivity index (χ1v) is 7.58. The number of Topliss-reactive ketones (excluding diaryl/α,β-unsaturated/α-hetero) is 2. The fraction of sp³-hybridized carbons (Fsp3) is 0.812. The number of hydrogen-bond donors (Lipinski definition) is 2. The van der Waals surface area contributed by atoms with Crippen LogP contribution in [0.5, 0.6) is 0 Å². The number of aliphatic carboxylic acids is 1. The van der Waals surface area contributed by atoms with Gasteiger partial charge < -0.3 is 10.4 Å². The highest BCUT2D eigenvalue weighted by Gasteiger charge is 2.42. The van der Waals surface area contributed by atoms with E-state index in [4.69, 9.17) is 0 Å². The zero-order valence-corrected chi connectivity index (χ0v) is 13.6. The highest BCUT2D eigenvalue weighted by Crippen LogP contribution is 2.35. The lowest BCUT2D eigenvalue weighted by atomic mass is 9.69. The summed E-state index contributed by atoms with van der Waals surface area (Å²) in [5.41, 5.74) is -0.283. The number of carbonyl (C=O) groups is 3. The van der Waals surface area contributed by atoms with E-state index < -0.39 is 24.0 Å². The van der Waals surface area contributed by atoms with Crippen LogP contribution in [0.15, 0.2) is 0 Å². The fourth-order valence-electron chi connectivity index (χ4n) is 3.09. The lowest BCUT2D eigenvalue weighted by Gasteiger charge is -2.35. The molecule has 1 fully saturated rings. The Kier molecular flexibility index (Phi) is 5.68. The van der Waals surface area contributed by atoms with Crippen molar-refractivity contribution in [3.63, 3.8) is 0 Å². The van der Waals surface area contributed by atoms with E-state index in [9.17, 15) is 19.5 Å². The van der Waals surface area contributed by atoms with Gasteiger partial charge in [0, 0.05) is 18.9 Å². The maximum absolute atomic E-state index is 12.2. The third-order valence-corrected chi connectivity index (χ3v) is 3.97. The van der Waals surface area contributed by atoms with Crippen LogP contribution >= 0.6 is 0 Å². The van der Waals surface area contributed by atoms with Gasteiger partial charge in [0.05, 0.1) is 5.92 Å². The van der Waals surface area contributed by atoms with Crippen LogP contribution in [0.4, 0.5) is 0 Å². The van der Waals surface area contributed by atoms with Gasteiger partial charge in [0.2, 0.25) is 0 Å². The van der Waals surface area contributed by atoms with Gasteiger partial charge in [-0.3, -0.25) is 14.4 Å². The molecule has 0 aromatic heterocycles. The van der Waals surface area contributed by atoms with Gasteiger partial charge in [-0.25, -0.2) is 0 Å². The normalized spacial score (nSPS) is 22.4. The zero-order chi connectivity index (χ0) is 16.4. The predicted molar refractivity (Wildman–Crippen MR) is 80.0 cm³/mol. The van der Waals surface area contributed by atoms with Crippen molar-refractivity contribution in [1.82, 2.24) is 5.32 Å². The van der Waals surface area contributed by atoms with Crippen LogP contribution in [-0.2, 0) is 14.4 Å². The van der Waals surface area contributed by atoms with Crippen LogP contribution in [0, 0.1) is 17.3 Å². The van der Waals surface area contributed by atoms with Gasteiger partial charge >= 0.3 is 5.97 Å². The Morgan fingerprint density at radius 1 is 1.24 bits per heavy atom. The Hall–Kier alpha value is -1.23. The van der Waals surface area contributed by atoms with Gasteiger partial charge in [-0.2, -0.15) is 0 Å². The SMILES string of the molecule is CC(C)C[C@H](NC(C)C1C(=O)CC(C)(C)CC1=O)C(=O)O. The molecule has 21 heavy (non-hydrogen) atoms. The molecular formula is C16H27NO4. The van der Waals surface area contributed by atoms with E-state index >= 15 is 0 Å². The van der Waals surface area contributed by atoms with Crippen LogP contribution in [-0.4, -0.2) is 34.7 Å². The van der Waals surface area contributed by atoms with E-state index in [0.717, 1.165) is 0 Å². The molecule has 0 aliphatic heterocycles. The Morgan fingerprint density at radius 2 is 1.71 bits per heavy atom. The minimum absolute atomic E-state index is 0.0788. The second-order valence-corrected chi connectivity index (χ2v) is 7.40. The summed E-state index contributed by atoms with van der Waals surface area (Å²) in [5.74, 6) is -1.59. The topological polar surface area (TPSA) is 83.5 Å². The maximum Gasteiger partial charge on any atom is 0.320 e. The largest absolute Gasteiger partial charge is 0.480 e. The van der Waals surface area contributed by atoms with E-state index in [1.165, 1.54) is 0 Å². The molecule has 1 unspecified atom stereocenters. The average molecular weight is 297 g/mol. The van der Waals surface area contributed by atoms with E-state index in [1.54, 1.807) is 6.92 Å². The number of nitrogens with one attached hydrogen (secondary N) is 1. The van der Waals surface area contributed by atoms with Gasteiger partial charge in [0.15, 0.2) is 0 Å². The number of carboxylic acids is 1. The molecule has 0 heterocycles. The molecule has 0 aromatic rings. The summed E-state index contributed by atoms with van der Waals surface area (Å²) in [6, 6.07) is -1.17. The quantitative estimate of drug-likeness (QED) is 0.733. The Bertz CT molecular complexity index is 408. The summed E-state index contributed by atoms with van der Waals surface area (Å²) in [4.78, 5) is 35.7. The third kappa shape index (κ3) is 4.92. The average Bonchev–Trinajstić information content (AvgIpc) is 2.23. The summed E-state index contributed by atoms with van der Waals surface area (Å²) < 4.78 is 0. The first kappa shape index (κ1) is 17.8. The predicted octanol–water partition coefficient (Wildman–Crippen LogP) is 2.04. The van der Waals surface area contributed by atoms with Crippen molar-refractivity contribution in [2.24, 2.45) is 17.3 Å². The van der Waals surface area contributed by atoms with Crippen molar-refractivity contribution >= 4 is 17.5 Å². The van der Waals surface area contributed by atoms with Gasteiger partial charge in [0.1, 0.15) is 17.6 Å². The van der Waals surface area contributed by atoms with Crippen molar-refractivity contribution in [3.8, 4) is 0 Å². The van der Waals surface area contributed by atoms with Crippen LogP contribution < -0.4 is 5.32 Å². The van der Waals surface area contributed by atoms with E-state index in [-0.39, 0.29) is 22.9 Å². The monoisotopic (exact) mass is 297 g/mol. The van der Waals surface area contributed by atoms with Crippen LogP contribution in [0.3, 0.4) is 0 Å². The minimum Gasteiger partial charge on any atom is -0.480 e. The number of ketones is 2. The molecule has 0 amide bonds. The summed E-state index contributed by atoms with van der Waals surface area (Å²) in [6.07, 6.45) is 1.22. The molecule has 0 radical (unpaired) electrons. The Balaban J connectivity index is 2.78. The molecule has 0 aromatic carbocycles. The van der Waals surface area contributed by atoms with Crippen molar-refractivity contribution in [2.45, 2.75) is 66.0 Å². The molecule has 1 aliphatic carbocycles. The summed E-state index contributed by atoms with van der Waals surface area (Å²) in [6.45, 7) is 9.45. The van der Waals surface area contributed by atoms with Crippen molar-refractivity contribution in [2.75, 3.05) is 0 Å². The first-order valence-electron chi connectivity index (χ1n) is 7.58. The second kappa shape index (κ2) is 6.69. The van der Waals surface area contributed by atoms with Gasteiger partial charge in [-0.1, -0.05) is 27.7 Å². The van der Waals surface area contributed by atoms with Gasteiger partial charge in [-0.05, 0) is 24.7 Å². The molecule has 120 valence electrons. The summed E-state index contributed by atoms with van der Waals surface area (Å²) in [7, 11) is 0. The Morgan fingerprint density at radius 3 is 2.10 bits per heavy atom. The molecule has 0 spiro atoms. The first-order chi connectivity index (χ1) is 9.53. The number of hydrogen-bond acceptors (Lipinski definition) is 4. The number of carbonyl (C=O) groups excluding carboxylic acids is 2. The third-order valence-electron chi connectivity index (χ3n) is 3.97. The van der Waals surface area contributed by atoms with Crippen molar-refractivity contribution < 1.29 is 19.5 Å². The van der Waals surface area contributed by atoms with E-state index in [1.807, 2.05) is 27.7 Å². The molecule has 0 bridgehead atoms. The summed E-state index contributed by atoms with van der Waals surface area (Å²) in [5, 5.41) is 12.2.